The molecule has 0 radical (unpaired) electrons. The van der Waals surface area contributed by atoms with E-state index in [2.05, 4.69) is 5.32 Å². The first-order valence-electron chi connectivity index (χ1n) is 11.6. The van der Waals surface area contributed by atoms with E-state index >= 15 is 0 Å². The van der Waals surface area contributed by atoms with Crippen LogP contribution < -0.4 is 5.32 Å². The minimum absolute atomic E-state index is 0.627. The summed E-state index contributed by atoms with van der Waals surface area (Å²) in [4.78, 5) is 11.5. The zero-order valence-corrected chi connectivity index (χ0v) is 19.7. The molecule has 15 atom stereocenters. The summed E-state index contributed by atoms with van der Waals surface area (Å²) in [6, 6.07) is -1.40. The van der Waals surface area contributed by atoms with Gasteiger partial charge in [0.05, 0.1) is 19.8 Å². The zero-order chi connectivity index (χ0) is 27.6. The smallest absolute Gasteiger partial charge is 0.217 e. The van der Waals surface area contributed by atoms with Gasteiger partial charge in [-0.25, -0.2) is 0 Å². The van der Waals surface area contributed by atoms with Crippen LogP contribution in [-0.2, 0) is 28.5 Å². The molecule has 3 aliphatic heterocycles. The Morgan fingerprint density at radius 1 is 0.649 bits per heavy atom. The van der Waals surface area contributed by atoms with Gasteiger partial charge in [0, 0.05) is 6.92 Å². The highest BCUT2D eigenvalue weighted by Crippen LogP contribution is 2.32. The van der Waals surface area contributed by atoms with Crippen molar-refractivity contribution in [3.63, 3.8) is 0 Å². The molecule has 17 heteroatoms. The number of rotatable bonds is 8. The highest BCUT2D eigenvalue weighted by molar-refractivity contribution is 5.73. The molecule has 3 fully saturated rings. The number of hydrogen-bond acceptors (Lipinski definition) is 16. The van der Waals surface area contributed by atoms with Gasteiger partial charge in [-0.15, -0.1) is 0 Å². The van der Waals surface area contributed by atoms with Crippen molar-refractivity contribution in [2.75, 3.05) is 19.8 Å². The molecule has 0 aromatic carbocycles. The number of aliphatic hydroxyl groups excluding tert-OH is 10. The van der Waals surface area contributed by atoms with Crippen molar-refractivity contribution in [1.82, 2.24) is 5.32 Å². The molecule has 0 saturated carbocycles. The minimum atomic E-state index is -1.91. The average Bonchev–Trinajstić information content (AvgIpc) is 2.86. The Kier molecular flexibility index (Phi) is 10.5. The van der Waals surface area contributed by atoms with Crippen LogP contribution in [0.25, 0.3) is 0 Å². The lowest BCUT2D eigenvalue weighted by molar-refractivity contribution is -0.375. The molecule has 11 N–H and O–H groups in total. The molecular formula is C20H35NO16. The van der Waals surface area contributed by atoms with Crippen LogP contribution in [0.3, 0.4) is 0 Å². The highest BCUT2D eigenvalue weighted by atomic mass is 16.7. The first-order chi connectivity index (χ1) is 17.4. The fourth-order valence-corrected chi connectivity index (χ4v) is 4.46. The molecule has 3 saturated heterocycles. The molecule has 0 aromatic rings. The molecule has 17 nitrogen and oxygen atoms in total. The van der Waals surface area contributed by atoms with Crippen LogP contribution in [0, 0.1) is 0 Å². The average molecular weight is 545 g/mol. The van der Waals surface area contributed by atoms with Crippen molar-refractivity contribution in [3.05, 3.63) is 0 Å². The molecule has 216 valence electrons. The summed E-state index contributed by atoms with van der Waals surface area (Å²) in [5.74, 6) is -0.627. The van der Waals surface area contributed by atoms with Crippen molar-refractivity contribution in [2.45, 2.75) is 99.0 Å². The number of aliphatic hydroxyl groups is 10. The van der Waals surface area contributed by atoms with Gasteiger partial charge in [0.25, 0.3) is 0 Å². The summed E-state index contributed by atoms with van der Waals surface area (Å²) in [6.45, 7) is -1.23. The van der Waals surface area contributed by atoms with Crippen molar-refractivity contribution in [2.24, 2.45) is 0 Å². The van der Waals surface area contributed by atoms with E-state index in [1.807, 2.05) is 0 Å². The Morgan fingerprint density at radius 3 is 1.70 bits per heavy atom. The second kappa shape index (κ2) is 12.8. The van der Waals surface area contributed by atoms with Crippen molar-refractivity contribution in [3.8, 4) is 0 Å². The SMILES string of the molecule is CC(=O)NC1C(O)[C@@H](O[C@@H]2OC(CO)[C@H](O)C(O[C@@H]3OC(CO)[C@H](O)C(O)C3O)C2O)C(CO)O[C@H]1O. The third-order valence-corrected chi connectivity index (χ3v) is 6.50. The lowest BCUT2D eigenvalue weighted by atomic mass is 9.95. The fraction of sp³-hybridized carbons (Fsp3) is 0.950. The van der Waals surface area contributed by atoms with Crippen molar-refractivity contribution in [1.29, 1.82) is 0 Å². The summed E-state index contributed by atoms with van der Waals surface area (Å²) in [5.41, 5.74) is 0. The van der Waals surface area contributed by atoms with Crippen LogP contribution in [0.4, 0.5) is 0 Å². The van der Waals surface area contributed by atoms with Crippen molar-refractivity contribution < 1.29 is 79.5 Å². The Hall–Kier alpha value is -1.13. The maximum Gasteiger partial charge on any atom is 0.217 e. The molecule has 3 heterocycles. The first-order valence-corrected chi connectivity index (χ1v) is 11.6. The number of carbonyl (C=O) groups is 1. The van der Waals surface area contributed by atoms with Gasteiger partial charge in [-0.2, -0.15) is 0 Å². The molecular weight excluding hydrogens is 510 g/mol. The second-order valence-electron chi connectivity index (χ2n) is 9.07. The normalized spacial score (nSPS) is 49.0. The van der Waals surface area contributed by atoms with Gasteiger partial charge in [-0.1, -0.05) is 0 Å². The molecule has 0 bridgehead atoms. The van der Waals surface area contributed by atoms with Crippen LogP contribution in [0.15, 0.2) is 0 Å². The number of amides is 1. The lowest BCUT2D eigenvalue weighted by Gasteiger charge is -2.48. The number of carbonyl (C=O) groups excluding carboxylic acids is 1. The number of hydrogen-bond donors (Lipinski definition) is 11. The van der Waals surface area contributed by atoms with Crippen LogP contribution in [-0.4, -0.2) is 169 Å². The standard InChI is InChI=1S/C20H35NO16/c1-5(25)21-9-12(28)16(8(4-24)33-18(9)32)36-20-15(31)17(11(27)7(3-23)35-20)37-19-14(30)13(29)10(26)6(2-22)34-19/h6-20,22-24,26-32H,2-4H2,1H3,(H,21,25)/t6?,7?,8?,9?,10-,11-,12?,13?,14?,15?,16-,17?,18+,19-,20-/m0/s1. The Morgan fingerprint density at radius 2 is 1.16 bits per heavy atom. The zero-order valence-electron chi connectivity index (χ0n) is 19.7. The van der Waals surface area contributed by atoms with Crippen LogP contribution >= 0.6 is 0 Å². The quantitative estimate of drug-likeness (QED) is 0.135. The summed E-state index contributed by atoms with van der Waals surface area (Å²) in [5, 5.41) is 103. The van der Waals surface area contributed by atoms with E-state index in [0.29, 0.717) is 0 Å². The number of nitrogens with one attached hydrogen (secondary N) is 1. The summed E-state index contributed by atoms with van der Waals surface area (Å²) >= 11 is 0. The topological polar surface area (TPSA) is 278 Å². The van der Waals surface area contributed by atoms with E-state index < -0.39 is 118 Å². The third kappa shape index (κ3) is 6.38. The second-order valence-corrected chi connectivity index (χ2v) is 9.07. The largest absolute Gasteiger partial charge is 0.394 e. The van der Waals surface area contributed by atoms with Gasteiger partial charge < -0.3 is 80.1 Å². The summed E-state index contributed by atoms with van der Waals surface area (Å²) in [6.07, 6.45) is -23.4. The van der Waals surface area contributed by atoms with E-state index in [0.717, 1.165) is 6.92 Å². The molecule has 1 amide bonds. The number of ether oxygens (including phenoxy) is 5. The van der Waals surface area contributed by atoms with E-state index in [-0.39, 0.29) is 0 Å². The van der Waals surface area contributed by atoms with Gasteiger partial charge in [0.1, 0.15) is 73.2 Å². The van der Waals surface area contributed by atoms with Gasteiger partial charge in [0.15, 0.2) is 18.9 Å². The third-order valence-electron chi connectivity index (χ3n) is 6.50. The molecule has 37 heavy (non-hydrogen) atoms. The fourth-order valence-electron chi connectivity index (χ4n) is 4.46. The van der Waals surface area contributed by atoms with Gasteiger partial charge in [-0.3, -0.25) is 4.79 Å². The van der Waals surface area contributed by atoms with Crippen LogP contribution in [0.5, 0.6) is 0 Å². The molecule has 0 aromatic heterocycles. The van der Waals surface area contributed by atoms with E-state index in [9.17, 15) is 55.9 Å². The van der Waals surface area contributed by atoms with E-state index in [1.54, 1.807) is 0 Å². The van der Waals surface area contributed by atoms with Crippen molar-refractivity contribution >= 4 is 5.91 Å². The molecule has 0 spiro atoms. The van der Waals surface area contributed by atoms with Crippen LogP contribution in [0.1, 0.15) is 6.92 Å². The maximum atomic E-state index is 11.5. The highest BCUT2D eigenvalue weighted by Gasteiger charge is 2.53. The molecule has 3 rings (SSSR count). The Balaban J connectivity index is 1.80. The van der Waals surface area contributed by atoms with Gasteiger partial charge in [-0.05, 0) is 0 Å². The van der Waals surface area contributed by atoms with Gasteiger partial charge in [0.2, 0.25) is 5.91 Å². The van der Waals surface area contributed by atoms with E-state index in [4.69, 9.17) is 23.7 Å². The predicted octanol–water partition coefficient (Wildman–Crippen LogP) is -7.43. The predicted molar refractivity (Wildman–Crippen MR) is 113 cm³/mol. The minimum Gasteiger partial charge on any atom is -0.394 e. The van der Waals surface area contributed by atoms with Crippen LogP contribution in [0.2, 0.25) is 0 Å². The summed E-state index contributed by atoms with van der Waals surface area (Å²) < 4.78 is 26.9. The Bertz CT molecular complexity index is 745. The summed E-state index contributed by atoms with van der Waals surface area (Å²) in [7, 11) is 0. The molecule has 9 unspecified atom stereocenters. The first kappa shape index (κ1) is 30.4. The monoisotopic (exact) mass is 545 g/mol. The Labute approximate surface area is 210 Å². The van der Waals surface area contributed by atoms with Gasteiger partial charge >= 0.3 is 0 Å². The van der Waals surface area contributed by atoms with E-state index in [1.165, 1.54) is 0 Å². The maximum absolute atomic E-state index is 11.5. The molecule has 3 aliphatic rings. The molecule has 0 aliphatic carbocycles. The lowest BCUT2D eigenvalue weighted by Crippen LogP contribution is -2.68.